The number of thioether (sulfide) groups is 1. The van der Waals surface area contributed by atoms with Gasteiger partial charge in [0.2, 0.25) is 5.91 Å². The molecule has 0 saturated carbocycles. The third kappa shape index (κ3) is 2.83. The van der Waals surface area contributed by atoms with Crippen LogP contribution in [0.2, 0.25) is 0 Å². The zero-order valence-electron chi connectivity index (χ0n) is 9.84. The molecule has 0 aromatic heterocycles. The van der Waals surface area contributed by atoms with Crippen molar-refractivity contribution in [3.8, 4) is 0 Å². The van der Waals surface area contributed by atoms with Crippen molar-refractivity contribution in [3.05, 3.63) is 24.3 Å². The van der Waals surface area contributed by atoms with Crippen LogP contribution in [-0.2, 0) is 19.1 Å². The molecule has 0 spiro atoms. The predicted octanol–water partition coefficient (Wildman–Crippen LogP) is 1.29. The van der Waals surface area contributed by atoms with Crippen molar-refractivity contribution in [3.63, 3.8) is 0 Å². The third-order valence-electron chi connectivity index (χ3n) is 2.37. The van der Waals surface area contributed by atoms with Crippen LogP contribution in [0.15, 0.2) is 29.2 Å². The minimum atomic E-state index is -0.850. The van der Waals surface area contributed by atoms with Crippen LogP contribution in [0.1, 0.15) is 0 Å². The Kier molecular flexibility index (Phi) is 4.22. The maximum atomic E-state index is 11.8. The number of methoxy groups -OCH3 is 1. The third-order valence-corrected chi connectivity index (χ3v) is 3.63. The molecule has 1 atom stereocenters. The molecule has 96 valence electrons. The van der Waals surface area contributed by atoms with Crippen molar-refractivity contribution in [2.75, 3.05) is 25.6 Å². The van der Waals surface area contributed by atoms with Gasteiger partial charge in [0.05, 0.1) is 12.3 Å². The van der Waals surface area contributed by atoms with Gasteiger partial charge in [0, 0.05) is 12.0 Å². The Morgan fingerprint density at radius 3 is 2.94 bits per heavy atom. The maximum Gasteiger partial charge on any atom is 0.329 e. The molecule has 1 aliphatic heterocycles. The SMILES string of the molecule is COCCOC(=O)C1Sc2ccccc2NC1=O. The first-order chi connectivity index (χ1) is 8.72. The van der Waals surface area contributed by atoms with Crippen LogP contribution in [0.25, 0.3) is 0 Å². The molecule has 1 aromatic carbocycles. The highest BCUT2D eigenvalue weighted by Crippen LogP contribution is 2.35. The van der Waals surface area contributed by atoms with Gasteiger partial charge in [0.25, 0.3) is 0 Å². The summed E-state index contributed by atoms with van der Waals surface area (Å²) in [4.78, 5) is 24.4. The van der Waals surface area contributed by atoms with E-state index in [1.165, 1.54) is 18.9 Å². The standard InChI is InChI=1S/C12H13NO4S/c1-16-6-7-17-12(15)10-11(14)13-8-4-2-3-5-9(8)18-10/h2-5,10H,6-7H2,1H3,(H,13,14). The van der Waals surface area contributed by atoms with Gasteiger partial charge in [-0.2, -0.15) is 0 Å². The lowest BCUT2D eigenvalue weighted by Crippen LogP contribution is -2.36. The van der Waals surface area contributed by atoms with Gasteiger partial charge in [0.15, 0.2) is 5.25 Å². The zero-order valence-corrected chi connectivity index (χ0v) is 10.7. The first kappa shape index (κ1) is 12.9. The normalized spacial score (nSPS) is 17.8. The van der Waals surface area contributed by atoms with Crippen molar-refractivity contribution in [2.24, 2.45) is 0 Å². The highest BCUT2D eigenvalue weighted by Gasteiger charge is 2.34. The summed E-state index contributed by atoms with van der Waals surface area (Å²) in [5.74, 6) is -0.884. The topological polar surface area (TPSA) is 64.6 Å². The first-order valence-electron chi connectivity index (χ1n) is 5.44. The van der Waals surface area contributed by atoms with Gasteiger partial charge in [-0.15, -0.1) is 0 Å². The van der Waals surface area contributed by atoms with Gasteiger partial charge in [0.1, 0.15) is 6.61 Å². The first-order valence-corrected chi connectivity index (χ1v) is 6.32. The molecule has 1 aromatic rings. The number of fused-ring (bicyclic) bond motifs is 1. The molecule has 0 aliphatic carbocycles. The van der Waals surface area contributed by atoms with Crippen molar-refractivity contribution < 1.29 is 19.1 Å². The van der Waals surface area contributed by atoms with Crippen molar-refractivity contribution in [1.82, 2.24) is 0 Å². The van der Waals surface area contributed by atoms with Crippen molar-refractivity contribution >= 4 is 29.3 Å². The Hall–Kier alpha value is -1.53. The molecule has 6 heteroatoms. The molecule has 18 heavy (non-hydrogen) atoms. The van der Waals surface area contributed by atoms with E-state index in [1.807, 2.05) is 18.2 Å². The highest BCUT2D eigenvalue weighted by molar-refractivity contribution is 8.01. The molecule has 0 fully saturated rings. The number of carbonyl (C=O) groups is 2. The molecular formula is C12H13NO4S. The lowest BCUT2D eigenvalue weighted by atomic mass is 10.3. The van der Waals surface area contributed by atoms with E-state index in [0.29, 0.717) is 6.61 Å². The predicted molar refractivity (Wildman–Crippen MR) is 67.6 cm³/mol. The fourth-order valence-corrected chi connectivity index (χ4v) is 2.50. The fourth-order valence-electron chi connectivity index (χ4n) is 1.51. The number of ether oxygens (including phenoxy) is 2. The van der Waals surface area contributed by atoms with E-state index in [9.17, 15) is 9.59 Å². The Bertz CT molecular complexity index is 463. The monoisotopic (exact) mass is 267 g/mol. The molecule has 1 unspecified atom stereocenters. The van der Waals surface area contributed by atoms with Crippen LogP contribution in [0, 0.1) is 0 Å². The minimum Gasteiger partial charge on any atom is -0.462 e. The number of para-hydroxylation sites is 1. The quantitative estimate of drug-likeness (QED) is 0.506. The summed E-state index contributed by atoms with van der Waals surface area (Å²) in [6.07, 6.45) is 0. The van der Waals surface area contributed by atoms with E-state index in [-0.39, 0.29) is 12.5 Å². The Morgan fingerprint density at radius 2 is 2.17 bits per heavy atom. The Labute approximate surface area is 109 Å². The smallest absolute Gasteiger partial charge is 0.329 e. The van der Waals surface area contributed by atoms with E-state index in [1.54, 1.807) is 6.07 Å². The molecule has 1 aliphatic rings. The summed E-state index contributed by atoms with van der Waals surface area (Å²) in [7, 11) is 1.52. The number of esters is 1. The van der Waals surface area contributed by atoms with Crippen molar-refractivity contribution in [1.29, 1.82) is 0 Å². The second-order valence-corrected chi connectivity index (χ2v) is 4.79. The zero-order chi connectivity index (χ0) is 13.0. The van der Waals surface area contributed by atoms with Gasteiger partial charge in [-0.1, -0.05) is 23.9 Å². The summed E-state index contributed by atoms with van der Waals surface area (Å²) in [6, 6.07) is 7.34. The highest BCUT2D eigenvalue weighted by atomic mass is 32.2. The average molecular weight is 267 g/mol. The number of hydrogen-bond acceptors (Lipinski definition) is 5. The average Bonchev–Trinajstić information content (AvgIpc) is 2.38. The lowest BCUT2D eigenvalue weighted by Gasteiger charge is -2.22. The van der Waals surface area contributed by atoms with Gasteiger partial charge in [-0.25, -0.2) is 0 Å². The molecule has 1 N–H and O–H groups in total. The van der Waals surface area contributed by atoms with E-state index in [4.69, 9.17) is 9.47 Å². The summed E-state index contributed by atoms with van der Waals surface area (Å²) >= 11 is 1.20. The van der Waals surface area contributed by atoms with Crippen LogP contribution < -0.4 is 5.32 Å². The van der Waals surface area contributed by atoms with E-state index >= 15 is 0 Å². The second-order valence-electron chi connectivity index (χ2n) is 3.64. The molecule has 1 amide bonds. The second kappa shape index (κ2) is 5.88. The summed E-state index contributed by atoms with van der Waals surface area (Å²) in [5, 5.41) is 1.84. The maximum absolute atomic E-state index is 11.8. The van der Waals surface area contributed by atoms with Crippen LogP contribution >= 0.6 is 11.8 Å². The van der Waals surface area contributed by atoms with Crippen LogP contribution in [0.5, 0.6) is 0 Å². The summed E-state index contributed by atoms with van der Waals surface area (Å²) in [5.41, 5.74) is 0.730. The molecular weight excluding hydrogens is 254 g/mol. The number of anilines is 1. The van der Waals surface area contributed by atoms with E-state index in [2.05, 4.69) is 5.32 Å². The van der Waals surface area contributed by atoms with Crippen LogP contribution in [0.4, 0.5) is 5.69 Å². The number of benzene rings is 1. The summed E-state index contributed by atoms with van der Waals surface area (Å²) in [6.45, 7) is 0.475. The number of amides is 1. The molecule has 0 bridgehead atoms. The van der Waals surface area contributed by atoms with Crippen LogP contribution in [-0.4, -0.2) is 37.4 Å². The number of rotatable bonds is 4. The molecule has 0 saturated heterocycles. The van der Waals surface area contributed by atoms with E-state index < -0.39 is 11.2 Å². The molecule has 2 rings (SSSR count). The molecule has 1 heterocycles. The largest absolute Gasteiger partial charge is 0.462 e. The molecule has 5 nitrogen and oxygen atoms in total. The Morgan fingerprint density at radius 1 is 1.39 bits per heavy atom. The minimum absolute atomic E-state index is 0.154. The number of hydrogen-bond donors (Lipinski definition) is 1. The van der Waals surface area contributed by atoms with E-state index in [0.717, 1.165) is 10.6 Å². The Balaban J connectivity index is 2.03. The van der Waals surface area contributed by atoms with Gasteiger partial charge in [-0.3, -0.25) is 9.59 Å². The lowest BCUT2D eigenvalue weighted by molar-refractivity contribution is -0.146. The fraction of sp³-hybridized carbons (Fsp3) is 0.333. The van der Waals surface area contributed by atoms with Crippen molar-refractivity contribution in [2.45, 2.75) is 10.1 Å². The van der Waals surface area contributed by atoms with Gasteiger partial charge >= 0.3 is 5.97 Å². The van der Waals surface area contributed by atoms with Gasteiger partial charge < -0.3 is 14.8 Å². The molecule has 0 radical (unpaired) electrons. The number of nitrogens with one attached hydrogen (secondary N) is 1. The van der Waals surface area contributed by atoms with Crippen LogP contribution in [0.3, 0.4) is 0 Å². The van der Waals surface area contributed by atoms with Gasteiger partial charge in [-0.05, 0) is 12.1 Å². The summed E-state index contributed by atoms with van der Waals surface area (Å²) < 4.78 is 9.74. The number of carbonyl (C=O) groups excluding carboxylic acids is 2.